The molecule has 3 nitrogen and oxygen atoms in total. The van der Waals surface area contributed by atoms with Crippen LogP contribution in [0, 0.1) is 5.92 Å². The van der Waals surface area contributed by atoms with Crippen molar-refractivity contribution in [1.29, 1.82) is 0 Å². The summed E-state index contributed by atoms with van der Waals surface area (Å²) in [6.07, 6.45) is 2.33. The molecule has 0 aliphatic heterocycles. The van der Waals surface area contributed by atoms with E-state index in [0.717, 1.165) is 19.4 Å². The lowest BCUT2D eigenvalue weighted by molar-refractivity contribution is -0.142. The SMILES string of the molecule is CCCC(C)CN(C)C(C)C(=O)O. The molecule has 2 atom stereocenters. The molecule has 0 rings (SSSR count). The molecular formula is C10H21NO2. The Bertz CT molecular complexity index is 159. The molecule has 0 aliphatic rings. The summed E-state index contributed by atoms with van der Waals surface area (Å²) in [6.45, 7) is 6.90. The van der Waals surface area contributed by atoms with Gasteiger partial charge in [0.25, 0.3) is 0 Å². The molecule has 1 N–H and O–H groups in total. The van der Waals surface area contributed by atoms with Crippen LogP contribution in [0.15, 0.2) is 0 Å². The molecule has 0 aromatic heterocycles. The maximum atomic E-state index is 10.6. The van der Waals surface area contributed by atoms with Gasteiger partial charge in [-0.3, -0.25) is 9.69 Å². The molecule has 0 radical (unpaired) electrons. The first-order valence-electron chi connectivity index (χ1n) is 4.92. The highest BCUT2D eigenvalue weighted by Gasteiger charge is 2.17. The first-order chi connectivity index (χ1) is 5.99. The largest absolute Gasteiger partial charge is 0.480 e. The number of rotatable bonds is 6. The van der Waals surface area contributed by atoms with Gasteiger partial charge in [0.1, 0.15) is 6.04 Å². The van der Waals surface area contributed by atoms with E-state index in [-0.39, 0.29) is 6.04 Å². The van der Waals surface area contributed by atoms with Crippen molar-refractivity contribution < 1.29 is 9.90 Å². The zero-order chi connectivity index (χ0) is 10.4. The molecular weight excluding hydrogens is 166 g/mol. The van der Waals surface area contributed by atoms with E-state index < -0.39 is 5.97 Å². The smallest absolute Gasteiger partial charge is 0.320 e. The number of carboxylic acid groups (broad SMARTS) is 1. The number of nitrogens with zero attached hydrogens (tertiary/aromatic N) is 1. The molecule has 2 unspecified atom stereocenters. The maximum absolute atomic E-state index is 10.6. The van der Waals surface area contributed by atoms with Crippen molar-refractivity contribution in [1.82, 2.24) is 4.90 Å². The highest BCUT2D eigenvalue weighted by Crippen LogP contribution is 2.08. The van der Waals surface area contributed by atoms with Gasteiger partial charge in [0.15, 0.2) is 0 Å². The zero-order valence-electron chi connectivity index (χ0n) is 9.08. The van der Waals surface area contributed by atoms with Gasteiger partial charge in [0, 0.05) is 6.54 Å². The molecule has 78 valence electrons. The van der Waals surface area contributed by atoms with Crippen LogP contribution >= 0.6 is 0 Å². The molecule has 3 heteroatoms. The van der Waals surface area contributed by atoms with Crippen molar-refractivity contribution in [3.8, 4) is 0 Å². The maximum Gasteiger partial charge on any atom is 0.320 e. The van der Waals surface area contributed by atoms with Crippen LogP contribution in [0.5, 0.6) is 0 Å². The van der Waals surface area contributed by atoms with Crippen LogP contribution in [0.3, 0.4) is 0 Å². The first-order valence-corrected chi connectivity index (χ1v) is 4.92. The molecule has 0 saturated heterocycles. The molecule has 0 bridgehead atoms. The standard InChI is InChI=1S/C10H21NO2/c1-5-6-8(2)7-11(4)9(3)10(12)13/h8-9H,5-7H2,1-4H3,(H,12,13). The Morgan fingerprint density at radius 3 is 2.38 bits per heavy atom. The Kier molecular flexibility index (Phi) is 5.71. The van der Waals surface area contributed by atoms with Crippen LogP contribution < -0.4 is 0 Å². The Morgan fingerprint density at radius 1 is 1.46 bits per heavy atom. The highest BCUT2D eigenvalue weighted by molar-refractivity contribution is 5.72. The second kappa shape index (κ2) is 5.97. The van der Waals surface area contributed by atoms with Crippen molar-refractivity contribution in [2.75, 3.05) is 13.6 Å². The third-order valence-electron chi connectivity index (χ3n) is 2.40. The predicted molar refractivity (Wildman–Crippen MR) is 53.8 cm³/mol. The van der Waals surface area contributed by atoms with Crippen LogP contribution in [0.2, 0.25) is 0 Å². The van der Waals surface area contributed by atoms with E-state index in [9.17, 15) is 4.79 Å². The van der Waals surface area contributed by atoms with E-state index in [1.165, 1.54) is 0 Å². The van der Waals surface area contributed by atoms with Gasteiger partial charge in [0.05, 0.1) is 0 Å². The minimum atomic E-state index is -0.744. The van der Waals surface area contributed by atoms with E-state index in [1.807, 2.05) is 11.9 Å². The summed E-state index contributed by atoms with van der Waals surface area (Å²) in [5.41, 5.74) is 0. The normalized spacial score (nSPS) is 15.8. The fourth-order valence-electron chi connectivity index (χ4n) is 1.42. The Labute approximate surface area is 80.7 Å². The summed E-state index contributed by atoms with van der Waals surface area (Å²) in [4.78, 5) is 12.5. The number of hydrogen-bond acceptors (Lipinski definition) is 2. The Hall–Kier alpha value is -0.570. The van der Waals surface area contributed by atoms with E-state index in [4.69, 9.17) is 5.11 Å². The fraction of sp³-hybridized carbons (Fsp3) is 0.900. The minimum Gasteiger partial charge on any atom is -0.480 e. The van der Waals surface area contributed by atoms with Gasteiger partial charge in [-0.15, -0.1) is 0 Å². The number of carbonyl (C=O) groups is 1. The molecule has 0 aromatic rings. The molecule has 0 spiro atoms. The monoisotopic (exact) mass is 187 g/mol. The number of aliphatic carboxylic acids is 1. The van der Waals surface area contributed by atoms with Crippen LogP contribution in [-0.2, 0) is 4.79 Å². The zero-order valence-corrected chi connectivity index (χ0v) is 9.08. The first kappa shape index (κ1) is 12.4. The molecule has 0 saturated carbocycles. The van der Waals surface area contributed by atoms with Crippen LogP contribution in [0.4, 0.5) is 0 Å². The summed E-state index contributed by atoms with van der Waals surface area (Å²) >= 11 is 0. The number of likely N-dealkylation sites (N-methyl/N-ethyl adjacent to an activating group) is 1. The van der Waals surface area contributed by atoms with Gasteiger partial charge in [-0.05, 0) is 26.3 Å². The summed E-state index contributed by atoms with van der Waals surface area (Å²) in [5.74, 6) is -0.164. The number of hydrogen-bond donors (Lipinski definition) is 1. The molecule has 0 aliphatic carbocycles. The van der Waals surface area contributed by atoms with Crippen molar-refractivity contribution in [2.45, 2.75) is 39.7 Å². The molecule has 0 fully saturated rings. The summed E-state index contributed by atoms with van der Waals surface area (Å²) in [5, 5.41) is 8.75. The summed E-state index contributed by atoms with van der Waals surface area (Å²) < 4.78 is 0. The third-order valence-corrected chi connectivity index (χ3v) is 2.40. The quantitative estimate of drug-likeness (QED) is 0.689. The lowest BCUT2D eigenvalue weighted by Gasteiger charge is -2.24. The van der Waals surface area contributed by atoms with Crippen LogP contribution in [0.1, 0.15) is 33.6 Å². The van der Waals surface area contributed by atoms with Gasteiger partial charge in [-0.1, -0.05) is 20.3 Å². The summed E-state index contributed by atoms with van der Waals surface area (Å²) in [7, 11) is 1.87. The van der Waals surface area contributed by atoms with E-state index in [0.29, 0.717) is 5.92 Å². The lowest BCUT2D eigenvalue weighted by Crippen LogP contribution is -2.38. The third kappa shape index (κ3) is 4.88. The van der Waals surface area contributed by atoms with Crippen LogP contribution in [-0.4, -0.2) is 35.6 Å². The second-order valence-corrected chi connectivity index (χ2v) is 3.85. The Balaban J connectivity index is 3.84. The molecule has 13 heavy (non-hydrogen) atoms. The average molecular weight is 187 g/mol. The van der Waals surface area contributed by atoms with Gasteiger partial charge in [-0.25, -0.2) is 0 Å². The van der Waals surface area contributed by atoms with E-state index in [2.05, 4.69) is 13.8 Å². The van der Waals surface area contributed by atoms with Gasteiger partial charge < -0.3 is 5.11 Å². The van der Waals surface area contributed by atoms with Crippen molar-refractivity contribution in [3.63, 3.8) is 0 Å². The van der Waals surface area contributed by atoms with Gasteiger partial charge in [-0.2, -0.15) is 0 Å². The van der Waals surface area contributed by atoms with Gasteiger partial charge in [0.2, 0.25) is 0 Å². The highest BCUT2D eigenvalue weighted by atomic mass is 16.4. The van der Waals surface area contributed by atoms with Crippen LogP contribution in [0.25, 0.3) is 0 Å². The van der Waals surface area contributed by atoms with Crippen molar-refractivity contribution in [3.05, 3.63) is 0 Å². The second-order valence-electron chi connectivity index (χ2n) is 3.85. The summed E-state index contributed by atoms with van der Waals surface area (Å²) in [6, 6.07) is -0.376. The van der Waals surface area contributed by atoms with Crippen molar-refractivity contribution >= 4 is 5.97 Å². The van der Waals surface area contributed by atoms with Gasteiger partial charge >= 0.3 is 5.97 Å². The topological polar surface area (TPSA) is 40.5 Å². The van der Waals surface area contributed by atoms with E-state index in [1.54, 1.807) is 6.92 Å². The van der Waals surface area contributed by atoms with Crippen molar-refractivity contribution in [2.24, 2.45) is 5.92 Å². The van der Waals surface area contributed by atoms with E-state index >= 15 is 0 Å². The molecule has 0 amide bonds. The lowest BCUT2D eigenvalue weighted by atomic mass is 10.1. The average Bonchev–Trinajstić information content (AvgIpc) is 2.03. The molecule has 0 aromatic carbocycles. The molecule has 0 heterocycles. The number of carboxylic acids is 1. The fourth-order valence-corrected chi connectivity index (χ4v) is 1.42. The predicted octanol–water partition coefficient (Wildman–Crippen LogP) is 1.83. The Morgan fingerprint density at radius 2 is 2.00 bits per heavy atom. The minimum absolute atomic E-state index is 0.376.